The molecule has 0 heterocycles. The third-order valence-corrected chi connectivity index (χ3v) is 2.52. The van der Waals surface area contributed by atoms with Gasteiger partial charge in [-0.3, -0.25) is 0 Å². The van der Waals surface area contributed by atoms with E-state index in [1.165, 1.54) is 0 Å². The lowest BCUT2D eigenvalue weighted by atomic mass is 9.78. The molecule has 11 heavy (non-hydrogen) atoms. The molecule has 1 radical (unpaired) electrons. The largest absolute Gasteiger partial charge is 0.361 e. The highest BCUT2D eigenvalue weighted by Crippen LogP contribution is 2.32. The molecule has 0 saturated carbocycles. The van der Waals surface area contributed by atoms with Crippen LogP contribution in [0.25, 0.3) is 0 Å². The fraction of sp³-hybridized carbons (Fsp3) is 0.889. The SMILES string of the molecule is CCCC(CC)(CC)C([O])=O. The zero-order valence-corrected chi connectivity index (χ0v) is 7.64. The number of hydrogen-bond acceptors (Lipinski definition) is 1. The van der Waals surface area contributed by atoms with Gasteiger partial charge in [0.2, 0.25) is 0 Å². The van der Waals surface area contributed by atoms with Crippen molar-refractivity contribution < 1.29 is 9.90 Å². The van der Waals surface area contributed by atoms with Crippen molar-refractivity contribution in [2.75, 3.05) is 0 Å². The maximum Gasteiger partial charge on any atom is 0.361 e. The maximum atomic E-state index is 10.8. The highest BCUT2D eigenvalue weighted by molar-refractivity contribution is 5.73. The van der Waals surface area contributed by atoms with Gasteiger partial charge in [-0.2, -0.15) is 0 Å². The van der Waals surface area contributed by atoms with Gasteiger partial charge in [0.1, 0.15) is 0 Å². The molecular weight excluding hydrogens is 140 g/mol. The van der Waals surface area contributed by atoms with Crippen molar-refractivity contribution in [2.24, 2.45) is 5.41 Å². The predicted molar refractivity (Wildman–Crippen MR) is 43.6 cm³/mol. The van der Waals surface area contributed by atoms with E-state index in [0.29, 0.717) is 12.8 Å². The molecule has 0 spiro atoms. The maximum absolute atomic E-state index is 10.8. The molecule has 0 saturated heterocycles. The molecule has 0 N–H and O–H groups in total. The summed E-state index contributed by atoms with van der Waals surface area (Å²) in [5.41, 5.74) is -0.561. The highest BCUT2D eigenvalue weighted by atomic mass is 16.4. The van der Waals surface area contributed by atoms with Gasteiger partial charge < -0.3 is 0 Å². The second kappa shape index (κ2) is 4.37. The van der Waals surface area contributed by atoms with Gasteiger partial charge in [-0.25, -0.2) is 9.90 Å². The van der Waals surface area contributed by atoms with Crippen LogP contribution in [0.3, 0.4) is 0 Å². The minimum atomic E-state index is -0.885. The molecule has 0 bridgehead atoms. The molecule has 0 rings (SSSR count). The molecule has 0 aromatic heterocycles. The Morgan fingerprint density at radius 2 is 1.64 bits per heavy atom. The second-order valence-corrected chi connectivity index (χ2v) is 3.02. The topological polar surface area (TPSA) is 37.0 Å². The average molecular weight is 157 g/mol. The third-order valence-electron chi connectivity index (χ3n) is 2.52. The van der Waals surface area contributed by atoms with Crippen LogP contribution in [0.4, 0.5) is 0 Å². The molecule has 2 heteroatoms. The summed E-state index contributed by atoms with van der Waals surface area (Å²) in [6, 6.07) is 0. The van der Waals surface area contributed by atoms with Crippen molar-refractivity contribution in [3.8, 4) is 0 Å². The van der Waals surface area contributed by atoms with Gasteiger partial charge in [0.15, 0.2) is 0 Å². The molecule has 0 unspecified atom stereocenters. The standard InChI is InChI=1S/C9H17O2/c1-4-7-9(5-2,6-3)8(10)11/h4-7H2,1-3H3. The Morgan fingerprint density at radius 1 is 1.18 bits per heavy atom. The smallest absolute Gasteiger partial charge is 0.247 e. The van der Waals surface area contributed by atoms with Crippen LogP contribution in [0.5, 0.6) is 0 Å². The fourth-order valence-electron chi connectivity index (χ4n) is 1.47. The molecule has 0 atom stereocenters. The van der Waals surface area contributed by atoms with Gasteiger partial charge in [-0.05, 0) is 19.3 Å². The predicted octanol–water partition coefficient (Wildman–Crippen LogP) is 2.55. The van der Waals surface area contributed by atoms with Gasteiger partial charge in [0, 0.05) is 0 Å². The van der Waals surface area contributed by atoms with E-state index in [0.717, 1.165) is 12.8 Å². The van der Waals surface area contributed by atoms with E-state index in [1.807, 2.05) is 20.8 Å². The fourth-order valence-corrected chi connectivity index (χ4v) is 1.47. The van der Waals surface area contributed by atoms with Crippen molar-refractivity contribution >= 4 is 5.97 Å². The van der Waals surface area contributed by atoms with E-state index in [-0.39, 0.29) is 0 Å². The molecule has 0 aromatic rings. The summed E-state index contributed by atoms with van der Waals surface area (Å²) in [6.07, 6.45) is 3.01. The monoisotopic (exact) mass is 157 g/mol. The summed E-state index contributed by atoms with van der Waals surface area (Å²) in [7, 11) is 0. The highest BCUT2D eigenvalue weighted by Gasteiger charge is 2.34. The van der Waals surface area contributed by atoms with Crippen LogP contribution in [0.1, 0.15) is 46.5 Å². The zero-order chi connectivity index (χ0) is 8.91. The quantitative estimate of drug-likeness (QED) is 0.604. The number of hydrogen-bond donors (Lipinski definition) is 0. The molecule has 0 aromatic carbocycles. The summed E-state index contributed by atoms with van der Waals surface area (Å²) < 4.78 is 0. The van der Waals surface area contributed by atoms with Gasteiger partial charge in [-0.1, -0.05) is 27.2 Å². The van der Waals surface area contributed by atoms with Crippen LogP contribution in [-0.4, -0.2) is 5.97 Å². The lowest BCUT2D eigenvalue weighted by Crippen LogP contribution is -2.28. The van der Waals surface area contributed by atoms with E-state index in [9.17, 15) is 9.90 Å². The van der Waals surface area contributed by atoms with Crippen LogP contribution in [0.15, 0.2) is 0 Å². The van der Waals surface area contributed by atoms with Crippen LogP contribution < -0.4 is 0 Å². The van der Waals surface area contributed by atoms with Crippen LogP contribution in [-0.2, 0) is 9.90 Å². The first-order valence-corrected chi connectivity index (χ1v) is 4.34. The van der Waals surface area contributed by atoms with E-state index in [4.69, 9.17) is 0 Å². The first-order chi connectivity index (χ1) is 5.13. The first-order valence-electron chi connectivity index (χ1n) is 4.34. The van der Waals surface area contributed by atoms with Gasteiger partial charge in [0.05, 0.1) is 5.41 Å². The molecule has 2 nitrogen and oxygen atoms in total. The third kappa shape index (κ3) is 2.21. The molecular formula is C9H17O2. The Morgan fingerprint density at radius 3 is 1.73 bits per heavy atom. The number of rotatable bonds is 5. The minimum absolute atomic E-state index is 0.561. The number of carbonyl (C=O) groups excluding carboxylic acids is 1. The van der Waals surface area contributed by atoms with Crippen molar-refractivity contribution in [1.29, 1.82) is 0 Å². The molecule has 0 amide bonds. The Balaban J connectivity index is 4.32. The zero-order valence-electron chi connectivity index (χ0n) is 7.64. The van der Waals surface area contributed by atoms with Crippen molar-refractivity contribution in [1.82, 2.24) is 0 Å². The van der Waals surface area contributed by atoms with E-state index in [1.54, 1.807) is 0 Å². The summed E-state index contributed by atoms with van der Waals surface area (Å²) in [4.78, 5) is 10.8. The van der Waals surface area contributed by atoms with Crippen LogP contribution in [0.2, 0.25) is 0 Å². The summed E-state index contributed by atoms with van der Waals surface area (Å²) >= 11 is 0. The summed E-state index contributed by atoms with van der Waals surface area (Å²) in [5, 5.41) is 10.8. The van der Waals surface area contributed by atoms with E-state index < -0.39 is 11.4 Å². The van der Waals surface area contributed by atoms with Crippen molar-refractivity contribution in [2.45, 2.75) is 46.5 Å². The van der Waals surface area contributed by atoms with Crippen molar-refractivity contribution in [3.63, 3.8) is 0 Å². The molecule has 0 aliphatic heterocycles. The van der Waals surface area contributed by atoms with E-state index >= 15 is 0 Å². The molecule has 0 fully saturated rings. The molecule has 0 aliphatic carbocycles. The van der Waals surface area contributed by atoms with Gasteiger partial charge in [-0.15, -0.1) is 0 Å². The lowest BCUT2D eigenvalue weighted by Gasteiger charge is -2.24. The summed E-state index contributed by atoms with van der Waals surface area (Å²) in [6.45, 7) is 5.83. The molecule has 65 valence electrons. The van der Waals surface area contributed by atoms with Gasteiger partial charge >= 0.3 is 5.97 Å². The lowest BCUT2D eigenvalue weighted by molar-refractivity contribution is -0.156. The van der Waals surface area contributed by atoms with E-state index in [2.05, 4.69) is 0 Å². The van der Waals surface area contributed by atoms with Crippen molar-refractivity contribution in [3.05, 3.63) is 0 Å². The minimum Gasteiger partial charge on any atom is -0.247 e. The Kier molecular flexibility index (Phi) is 4.16. The average Bonchev–Trinajstić information content (AvgIpc) is 2.00. The second-order valence-electron chi connectivity index (χ2n) is 3.02. The Hall–Kier alpha value is -0.530. The number of carbonyl (C=O) groups is 1. The van der Waals surface area contributed by atoms with Gasteiger partial charge in [0.25, 0.3) is 0 Å². The normalized spacial score (nSPS) is 11.5. The molecule has 0 aliphatic rings. The Labute approximate surface area is 68.6 Å². The van der Waals surface area contributed by atoms with Crippen LogP contribution in [0, 0.1) is 5.41 Å². The van der Waals surface area contributed by atoms with Crippen LogP contribution >= 0.6 is 0 Å². The Bertz CT molecular complexity index is 126. The first kappa shape index (κ1) is 10.5. The summed E-state index contributed by atoms with van der Waals surface area (Å²) in [5.74, 6) is -0.885.